The number of hydrogen-bond acceptors (Lipinski definition) is 5. The Kier molecular flexibility index (Phi) is 5.91. The lowest BCUT2D eigenvalue weighted by Crippen LogP contribution is -2.31. The molecule has 6 nitrogen and oxygen atoms in total. The minimum atomic E-state index is -0.824. The van der Waals surface area contributed by atoms with E-state index in [1.54, 1.807) is 5.01 Å². The molecule has 28 heavy (non-hydrogen) atoms. The second kappa shape index (κ2) is 8.20. The Morgan fingerprint density at radius 3 is 2.75 bits per heavy atom. The first-order valence-corrected chi connectivity index (χ1v) is 9.79. The number of aliphatic carboxylic acids is 1. The number of aryl methyl sites for hydroxylation is 1. The normalized spacial score (nSPS) is 14.4. The summed E-state index contributed by atoms with van der Waals surface area (Å²) in [5, 5.41) is 14.6. The molecule has 0 saturated carbocycles. The number of hydrazine groups is 1. The maximum atomic E-state index is 11.7. The van der Waals surface area contributed by atoms with Gasteiger partial charge >= 0.3 is 5.97 Å². The standard InChI is InChI=1S/C22H30N4O2/c1-4-26(24)20-6-5-18(14(3)22(20)23)19(11-21(27)28)15-9-13(2)17-7-8-25-12-16(17)10-15/h5-6,9-10,19,25H,4,7-8,11-12,23-24H2,1-3H3,(H,27,28). The zero-order valence-electron chi connectivity index (χ0n) is 16.9. The molecule has 0 aromatic heterocycles. The van der Waals surface area contributed by atoms with E-state index >= 15 is 0 Å². The van der Waals surface area contributed by atoms with Crippen LogP contribution in [0.1, 0.15) is 52.6 Å². The van der Waals surface area contributed by atoms with E-state index in [0.29, 0.717) is 12.2 Å². The molecule has 1 aliphatic heterocycles. The van der Waals surface area contributed by atoms with Crippen LogP contribution in [-0.4, -0.2) is 24.2 Å². The number of anilines is 2. The zero-order valence-corrected chi connectivity index (χ0v) is 16.9. The van der Waals surface area contributed by atoms with Crippen LogP contribution < -0.4 is 21.9 Å². The highest BCUT2D eigenvalue weighted by atomic mass is 16.4. The molecule has 2 aromatic carbocycles. The molecule has 150 valence electrons. The first kappa shape index (κ1) is 20.2. The number of nitrogen functional groups attached to an aromatic ring is 1. The largest absolute Gasteiger partial charge is 0.481 e. The summed E-state index contributed by atoms with van der Waals surface area (Å²) >= 11 is 0. The molecule has 0 saturated heterocycles. The Hall–Kier alpha value is -2.57. The van der Waals surface area contributed by atoms with E-state index in [9.17, 15) is 9.90 Å². The van der Waals surface area contributed by atoms with Gasteiger partial charge in [-0.15, -0.1) is 0 Å². The van der Waals surface area contributed by atoms with Gasteiger partial charge in [-0.05, 0) is 73.2 Å². The Bertz CT molecular complexity index is 895. The molecule has 0 spiro atoms. The highest BCUT2D eigenvalue weighted by molar-refractivity contribution is 5.74. The van der Waals surface area contributed by atoms with Crippen LogP contribution in [0, 0.1) is 13.8 Å². The number of rotatable bonds is 6. The third-order valence-corrected chi connectivity index (χ3v) is 5.80. The van der Waals surface area contributed by atoms with Crippen molar-refractivity contribution < 1.29 is 9.90 Å². The van der Waals surface area contributed by atoms with Gasteiger partial charge < -0.3 is 21.2 Å². The molecule has 0 aliphatic carbocycles. The van der Waals surface area contributed by atoms with E-state index in [2.05, 4.69) is 24.4 Å². The topological polar surface area (TPSA) is 105 Å². The van der Waals surface area contributed by atoms with Gasteiger partial charge in [-0.1, -0.05) is 18.2 Å². The molecule has 0 fully saturated rings. The van der Waals surface area contributed by atoms with E-state index in [4.69, 9.17) is 11.6 Å². The predicted molar refractivity (Wildman–Crippen MR) is 113 cm³/mol. The Labute approximate surface area is 166 Å². The highest BCUT2D eigenvalue weighted by Gasteiger charge is 2.24. The minimum Gasteiger partial charge on any atom is -0.481 e. The SMILES string of the molecule is CCN(N)c1ccc(C(CC(=O)O)c2cc(C)c3c(c2)CNCC3)c(C)c1N. The number of hydrogen-bond donors (Lipinski definition) is 4. The summed E-state index contributed by atoms with van der Waals surface area (Å²) in [5.41, 5.74) is 14.5. The molecule has 6 heteroatoms. The summed E-state index contributed by atoms with van der Waals surface area (Å²) in [6, 6.07) is 8.16. The molecule has 1 heterocycles. The van der Waals surface area contributed by atoms with Crippen LogP contribution in [0.2, 0.25) is 0 Å². The smallest absolute Gasteiger partial charge is 0.304 e. The summed E-state index contributed by atoms with van der Waals surface area (Å²) in [6.45, 7) is 8.46. The van der Waals surface area contributed by atoms with Gasteiger partial charge in [0.25, 0.3) is 0 Å². The fourth-order valence-electron chi connectivity index (χ4n) is 4.18. The summed E-state index contributed by atoms with van der Waals surface area (Å²) in [5.74, 6) is 4.95. The number of fused-ring (bicyclic) bond motifs is 1. The van der Waals surface area contributed by atoms with Crippen molar-refractivity contribution in [1.82, 2.24) is 5.32 Å². The number of nitrogens with one attached hydrogen (secondary N) is 1. The van der Waals surface area contributed by atoms with Crippen molar-refractivity contribution in [1.29, 1.82) is 0 Å². The Balaban J connectivity index is 2.10. The minimum absolute atomic E-state index is 0.0192. The van der Waals surface area contributed by atoms with Crippen LogP contribution in [0.4, 0.5) is 11.4 Å². The monoisotopic (exact) mass is 382 g/mol. The molecule has 3 rings (SSSR count). The van der Waals surface area contributed by atoms with Gasteiger partial charge in [0.15, 0.2) is 0 Å². The Morgan fingerprint density at radius 2 is 2.07 bits per heavy atom. The second-order valence-electron chi connectivity index (χ2n) is 7.55. The third kappa shape index (κ3) is 3.84. The average molecular weight is 383 g/mol. The van der Waals surface area contributed by atoms with Crippen LogP contribution in [0.25, 0.3) is 0 Å². The molecule has 0 radical (unpaired) electrons. The molecule has 0 bridgehead atoms. The van der Waals surface area contributed by atoms with Crippen LogP contribution >= 0.6 is 0 Å². The molecule has 6 N–H and O–H groups in total. The van der Waals surface area contributed by atoms with Gasteiger partial charge in [-0.3, -0.25) is 4.79 Å². The van der Waals surface area contributed by atoms with Crippen molar-refractivity contribution >= 4 is 17.3 Å². The van der Waals surface area contributed by atoms with Crippen LogP contribution in [0.5, 0.6) is 0 Å². The van der Waals surface area contributed by atoms with E-state index in [1.807, 2.05) is 26.0 Å². The molecule has 1 aliphatic rings. The lowest BCUT2D eigenvalue weighted by molar-refractivity contribution is -0.137. The highest BCUT2D eigenvalue weighted by Crippen LogP contribution is 2.37. The van der Waals surface area contributed by atoms with E-state index < -0.39 is 5.97 Å². The van der Waals surface area contributed by atoms with Crippen molar-refractivity contribution in [2.45, 2.75) is 46.1 Å². The van der Waals surface area contributed by atoms with Gasteiger partial charge in [-0.2, -0.15) is 0 Å². The quantitative estimate of drug-likeness (QED) is 0.348. The van der Waals surface area contributed by atoms with Crippen LogP contribution in [0.3, 0.4) is 0 Å². The summed E-state index contributed by atoms with van der Waals surface area (Å²) in [7, 11) is 0. The van der Waals surface area contributed by atoms with Crippen LogP contribution in [-0.2, 0) is 17.8 Å². The maximum absolute atomic E-state index is 11.7. The summed E-state index contributed by atoms with van der Waals surface area (Å²) < 4.78 is 0. The molecular weight excluding hydrogens is 352 g/mol. The molecule has 1 unspecified atom stereocenters. The Morgan fingerprint density at radius 1 is 1.32 bits per heavy atom. The fourth-order valence-corrected chi connectivity index (χ4v) is 4.18. The number of carbonyl (C=O) groups is 1. The van der Waals surface area contributed by atoms with Gasteiger partial charge in [0.2, 0.25) is 0 Å². The number of carboxylic acids is 1. The third-order valence-electron chi connectivity index (χ3n) is 5.80. The van der Waals surface area contributed by atoms with E-state index in [1.165, 1.54) is 16.7 Å². The number of nitrogens with zero attached hydrogens (tertiary/aromatic N) is 1. The fraction of sp³-hybridized carbons (Fsp3) is 0.409. The molecule has 1 atom stereocenters. The van der Waals surface area contributed by atoms with E-state index in [-0.39, 0.29) is 12.3 Å². The zero-order chi connectivity index (χ0) is 20.4. The molecule has 2 aromatic rings. The van der Waals surface area contributed by atoms with Crippen LogP contribution in [0.15, 0.2) is 24.3 Å². The van der Waals surface area contributed by atoms with E-state index in [0.717, 1.165) is 41.9 Å². The number of benzene rings is 2. The van der Waals surface area contributed by atoms with Gasteiger partial charge in [-0.25, -0.2) is 5.84 Å². The number of carboxylic acid groups (broad SMARTS) is 1. The lowest BCUT2D eigenvalue weighted by atomic mass is 9.82. The molecular formula is C22H30N4O2. The lowest BCUT2D eigenvalue weighted by Gasteiger charge is -2.26. The number of nitrogens with two attached hydrogens (primary N) is 2. The van der Waals surface area contributed by atoms with Crippen molar-refractivity contribution in [3.63, 3.8) is 0 Å². The first-order valence-electron chi connectivity index (χ1n) is 9.79. The first-order chi connectivity index (χ1) is 13.3. The van der Waals surface area contributed by atoms with Gasteiger partial charge in [0, 0.05) is 19.0 Å². The van der Waals surface area contributed by atoms with Crippen molar-refractivity contribution in [3.8, 4) is 0 Å². The van der Waals surface area contributed by atoms with Crippen molar-refractivity contribution in [2.24, 2.45) is 5.84 Å². The predicted octanol–water partition coefficient (Wildman–Crippen LogP) is 2.84. The summed E-state index contributed by atoms with van der Waals surface area (Å²) in [4.78, 5) is 11.7. The van der Waals surface area contributed by atoms with Gasteiger partial charge in [0.05, 0.1) is 17.8 Å². The maximum Gasteiger partial charge on any atom is 0.304 e. The summed E-state index contributed by atoms with van der Waals surface area (Å²) in [6.07, 6.45) is 1.03. The van der Waals surface area contributed by atoms with Crippen molar-refractivity contribution in [3.05, 3.63) is 57.6 Å². The molecule has 0 amide bonds. The average Bonchev–Trinajstić information content (AvgIpc) is 2.67. The van der Waals surface area contributed by atoms with Crippen molar-refractivity contribution in [2.75, 3.05) is 23.8 Å². The van der Waals surface area contributed by atoms with Gasteiger partial charge in [0.1, 0.15) is 0 Å². The second-order valence-corrected chi connectivity index (χ2v) is 7.55.